The quantitative estimate of drug-likeness (QED) is 0.831. The summed E-state index contributed by atoms with van der Waals surface area (Å²) in [5.74, 6) is 0.689. The third kappa shape index (κ3) is 3.17. The van der Waals surface area contributed by atoms with Gasteiger partial charge in [-0.1, -0.05) is 12.8 Å². The maximum Gasteiger partial charge on any atom is 0.225 e. The lowest BCUT2D eigenvalue weighted by Gasteiger charge is -2.40. The van der Waals surface area contributed by atoms with Gasteiger partial charge in [0, 0.05) is 44.2 Å². The molecule has 0 aromatic heterocycles. The summed E-state index contributed by atoms with van der Waals surface area (Å²) in [6.07, 6.45) is 7.58. The molecule has 3 aliphatic rings. The van der Waals surface area contributed by atoms with E-state index in [-0.39, 0.29) is 5.92 Å². The van der Waals surface area contributed by atoms with Crippen molar-refractivity contribution in [3.63, 3.8) is 0 Å². The summed E-state index contributed by atoms with van der Waals surface area (Å²) in [7, 11) is 0. The Hall–Kier alpha value is -0.610. The van der Waals surface area contributed by atoms with Gasteiger partial charge in [0.05, 0.1) is 0 Å². The largest absolute Gasteiger partial charge is 0.340 e. The van der Waals surface area contributed by atoms with Gasteiger partial charge in [-0.25, -0.2) is 0 Å². The second kappa shape index (κ2) is 6.44. The first-order valence-electron chi connectivity index (χ1n) is 8.50. The summed E-state index contributed by atoms with van der Waals surface area (Å²) in [6.45, 7) is 7.28. The molecule has 0 aromatic carbocycles. The number of amides is 1. The van der Waals surface area contributed by atoms with Crippen LogP contribution in [0.2, 0.25) is 0 Å². The van der Waals surface area contributed by atoms with E-state index in [2.05, 4.69) is 22.0 Å². The average molecular weight is 279 g/mol. The van der Waals surface area contributed by atoms with Gasteiger partial charge in [0.15, 0.2) is 0 Å². The summed E-state index contributed by atoms with van der Waals surface area (Å²) >= 11 is 0. The van der Waals surface area contributed by atoms with Crippen molar-refractivity contribution in [3.05, 3.63) is 0 Å². The maximum absolute atomic E-state index is 12.6. The molecule has 0 spiro atoms. The fourth-order valence-corrected chi connectivity index (χ4v) is 4.19. The first-order valence-corrected chi connectivity index (χ1v) is 8.50. The first-order chi connectivity index (χ1) is 9.74. The van der Waals surface area contributed by atoms with Gasteiger partial charge in [0.2, 0.25) is 5.91 Å². The zero-order valence-corrected chi connectivity index (χ0v) is 12.8. The molecule has 3 rings (SSSR count). The summed E-state index contributed by atoms with van der Waals surface area (Å²) in [4.78, 5) is 17.4. The highest BCUT2D eigenvalue weighted by Gasteiger charge is 2.32. The lowest BCUT2D eigenvalue weighted by molar-refractivity contribution is -0.138. The zero-order valence-electron chi connectivity index (χ0n) is 12.8. The average Bonchev–Trinajstić information content (AvgIpc) is 3.01. The highest BCUT2D eigenvalue weighted by molar-refractivity contribution is 5.79. The van der Waals surface area contributed by atoms with Gasteiger partial charge in [-0.3, -0.25) is 9.69 Å². The molecule has 0 radical (unpaired) electrons. The zero-order chi connectivity index (χ0) is 13.9. The maximum atomic E-state index is 12.6. The van der Waals surface area contributed by atoms with Crippen molar-refractivity contribution >= 4 is 5.91 Å². The number of hydrogen-bond donors (Lipinski definition) is 1. The van der Waals surface area contributed by atoms with E-state index in [0.29, 0.717) is 11.9 Å². The summed E-state index contributed by atoms with van der Waals surface area (Å²) < 4.78 is 0. The Bertz CT molecular complexity index is 333. The second-order valence-corrected chi connectivity index (χ2v) is 6.88. The van der Waals surface area contributed by atoms with Gasteiger partial charge in [0.25, 0.3) is 0 Å². The van der Waals surface area contributed by atoms with Crippen LogP contribution in [-0.4, -0.2) is 60.5 Å². The molecule has 2 heterocycles. The van der Waals surface area contributed by atoms with E-state index in [1.54, 1.807) is 0 Å². The minimum atomic E-state index is 0.268. The van der Waals surface area contributed by atoms with Gasteiger partial charge in [0.1, 0.15) is 0 Å². The Morgan fingerprint density at radius 2 is 1.75 bits per heavy atom. The van der Waals surface area contributed by atoms with Crippen LogP contribution in [0.25, 0.3) is 0 Å². The van der Waals surface area contributed by atoms with Crippen LogP contribution >= 0.6 is 0 Å². The van der Waals surface area contributed by atoms with E-state index in [1.165, 1.54) is 25.7 Å². The molecule has 2 atom stereocenters. The Morgan fingerprint density at radius 1 is 1.05 bits per heavy atom. The fourth-order valence-electron chi connectivity index (χ4n) is 4.19. The third-order valence-electron chi connectivity index (χ3n) is 5.44. The SMILES string of the molecule is CC1CC(C(=O)N2CCN(C3CCCC3)CC2)CCN1. The number of piperazine rings is 1. The molecular weight excluding hydrogens is 250 g/mol. The van der Waals surface area contributed by atoms with Gasteiger partial charge >= 0.3 is 0 Å². The van der Waals surface area contributed by atoms with Gasteiger partial charge in [-0.2, -0.15) is 0 Å². The lowest BCUT2D eigenvalue weighted by atomic mass is 9.92. The van der Waals surface area contributed by atoms with E-state index in [1.807, 2.05) is 0 Å². The van der Waals surface area contributed by atoms with Gasteiger partial charge in [-0.05, 0) is 39.2 Å². The number of rotatable bonds is 2. The molecular formula is C16H29N3O. The molecule has 0 aromatic rings. The molecule has 1 saturated carbocycles. The van der Waals surface area contributed by atoms with Gasteiger partial charge < -0.3 is 10.2 Å². The molecule has 4 nitrogen and oxygen atoms in total. The van der Waals surface area contributed by atoms with E-state index in [0.717, 1.165) is 51.6 Å². The van der Waals surface area contributed by atoms with Crippen LogP contribution in [-0.2, 0) is 4.79 Å². The van der Waals surface area contributed by atoms with Crippen LogP contribution in [0.5, 0.6) is 0 Å². The molecule has 20 heavy (non-hydrogen) atoms. The normalized spacial score (nSPS) is 33.5. The van der Waals surface area contributed by atoms with Crippen LogP contribution in [0.4, 0.5) is 0 Å². The van der Waals surface area contributed by atoms with E-state index < -0.39 is 0 Å². The van der Waals surface area contributed by atoms with Crippen LogP contribution < -0.4 is 5.32 Å². The van der Waals surface area contributed by atoms with E-state index in [9.17, 15) is 4.79 Å². The van der Waals surface area contributed by atoms with Crippen molar-refractivity contribution < 1.29 is 4.79 Å². The standard InChI is InChI=1S/C16H29N3O/c1-13-12-14(6-7-17-13)16(20)19-10-8-18(9-11-19)15-4-2-3-5-15/h13-15,17H,2-12H2,1H3. The number of nitrogens with zero attached hydrogens (tertiary/aromatic N) is 2. The van der Waals surface area contributed by atoms with Crippen molar-refractivity contribution in [2.24, 2.45) is 5.92 Å². The molecule has 2 aliphatic heterocycles. The van der Waals surface area contributed by atoms with Crippen molar-refractivity contribution in [3.8, 4) is 0 Å². The number of nitrogens with one attached hydrogen (secondary N) is 1. The monoisotopic (exact) mass is 279 g/mol. The highest BCUT2D eigenvalue weighted by atomic mass is 16.2. The van der Waals surface area contributed by atoms with Crippen LogP contribution in [0.3, 0.4) is 0 Å². The topological polar surface area (TPSA) is 35.6 Å². The van der Waals surface area contributed by atoms with Gasteiger partial charge in [-0.15, -0.1) is 0 Å². The van der Waals surface area contributed by atoms with Crippen molar-refractivity contribution in [2.75, 3.05) is 32.7 Å². The predicted molar refractivity (Wildman–Crippen MR) is 80.6 cm³/mol. The van der Waals surface area contributed by atoms with E-state index >= 15 is 0 Å². The molecule has 1 aliphatic carbocycles. The molecule has 2 saturated heterocycles. The molecule has 1 amide bonds. The lowest BCUT2D eigenvalue weighted by Crippen LogP contribution is -2.53. The first kappa shape index (κ1) is 14.3. The summed E-state index contributed by atoms with van der Waals surface area (Å²) in [5.41, 5.74) is 0. The third-order valence-corrected chi connectivity index (χ3v) is 5.44. The summed E-state index contributed by atoms with van der Waals surface area (Å²) in [5, 5.41) is 3.43. The van der Waals surface area contributed by atoms with Crippen molar-refractivity contribution in [2.45, 2.75) is 57.5 Å². The van der Waals surface area contributed by atoms with Crippen LogP contribution in [0.1, 0.15) is 45.4 Å². The molecule has 2 unspecified atom stereocenters. The smallest absolute Gasteiger partial charge is 0.225 e. The Kier molecular flexibility index (Phi) is 4.61. The Labute approximate surface area is 122 Å². The Morgan fingerprint density at radius 3 is 2.40 bits per heavy atom. The molecule has 4 heteroatoms. The predicted octanol–water partition coefficient (Wildman–Crippen LogP) is 1.46. The number of hydrogen-bond acceptors (Lipinski definition) is 3. The molecule has 114 valence electrons. The number of carbonyl (C=O) groups excluding carboxylic acids is 1. The Balaban J connectivity index is 1.48. The summed E-state index contributed by atoms with van der Waals surface area (Å²) in [6, 6.07) is 1.31. The number of piperidine rings is 1. The fraction of sp³-hybridized carbons (Fsp3) is 0.938. The number of carbonyl (C=O) groups is 1. The minimum absolute atomic E-state index is 0.268. The minimum Gasteiger partial charge on any atom is -0.340 e. The van der Waals surface area contributed by atoms with Crippen LogP contribution in [0.15, 0.2) is 0 Å². The van der Waals surface area contributed by atoms with E-state index in [4.69, 9.17) is 0 Å². The highest BCUT2D eigenvalue weighted by Crippen LogP contribution is 2.25. The van der Waals surface area contributed by atoms with Crippen molar-refractivity contribution in [1.29, 1.82) is 0 Å². The second-order valence-electron chi connectivity index (χ2n) is 6.88. The van der Waals surface area contributed by atoms with Crippen molar-refractivity contribution in [1.82, 2.24) is 15.1 Å². The molecule has 1 N–H and O–H groups in total. The molecule has 3 fully saturated rings. The molecule has 0 bridgehead atoms. The van der Waals surface area contributed by atoms with Crippen LogP contribution in [0, 0.1) is 5.92 Å².